The average Bonchev–Trinajstić information content (AvgIpc) is 3.04. The molecular weight excluding hydrogens is 254 g/mol. The van der Waals surface area contributed by atoms with E-state index < -0.39 is 0 Å². The molecule has 0 radical (unpaired) electrons. The Labute approximate surface area is 118 Å². The van der Waals surface area contributed by atoms with Gasteiger partial charge >= 0.3 is 0 Å². The molecule has 4 N–H and O–H groups in total. The van der Waals surface area contributed by atoms with Crippen molar-refractivity contribution in [3.63, 3.8) is 0 Å². The molecule has 0 saturated heterocycles. The number of fused-ring (bicyclic) bond motifs is 1. The maximum Gasteiger partial charge on any atom is 0.135 e. The number of hydrogen-bond acceptors (Lipinski definition) is 4. The van der Waals surface area contributed by atoms with E-state index in [0.29, 0.717) is 18.1 Å². The van der Waals surface area contributed by atoms with Crippen LogP contribution >= 0.6 is 0 Å². The topological polar surface area (TPSA) is 84.3 Å². The smallest absolute Gasteiger partial charge is 0.135 e. The minimum absolute atomic E-state index is 0.0705. The van der Waals surface area contributed by atoms with Crippen LogP contribution < -0.4 is 5.73 Å². The Morgan fingerprint density at radius 1 is 1.25 bits per heavy atom. The van der Waals surface area contributed by atoms with E-state index in [2.05, 4.69) is 4.98 Å². The normalized spacial score (nSPS) is 17.9. The van der Waals surface area contributed by atoms with Crippen molar-refractivity contribution in [1.29, 1.82) is 0 Å². The number of nitrogen functional groups attached to an aromatic ring is 1. The maximum absolute atomic E-state index is 9.78. The van der Waals surface area contributed by atoms with Gasteiger partial charge in [-0.3, -0.25) is 0 Å². The number of benzene rings is 1. The molecule has 1 aromatic heterocycles. The lowest BCUT2D eigenvalue weighted by atomic mass is 9.87. The summed E-state index contributed by atoms with van der Waals surface area (Å²) in [4.78, 5) is 4.45. The predicted octanol–water partition coefficient (Wildman–Crippen LogP) is 1.66. The first-order valence-corrected chi connectivity index (χ1v) is 7.14. The third-order valence-electron chi connectivity index (χ3n) is 4.49. The summed E-state index contributed by atoms with van der Waals surface area (Å²) in [5.41, 5.74) is 8.17. The van der Waals surface area contributed by atoms with Gasteiger partial charge < -0.3 is 20.5 Å². The van der Waals surface area contributed by atoms with E-state index >= 15 is 0 Å². The fourth-order valence-corrected chi connectivity index (χ4v) is 3.32. The Morgan fingerprint density at radius 2 is 2.00 bits per heavy atom. The van der Waals surface area contributed by atoms with Crippen molar-refractivity contribution < 1.29 is 10.2 Å². The molecule has 1 aliphatic rings. The number of hydrogen-bond donors (Lipinski definition) is 3. The van der Waals surface area contributed by atoms with Gasteiger partial charge in [0.1, 0.15) is 12.4 Å². The van der Waals surface area contributed by atoms with Crippen LogP contribution in [0, 0.1) is 5.41 Å². The van der Waals surface area contributed by atoms with Crippen molar-refractivity contribution >= 4 is 16.7 Å². The minimum atomic E-state index is -0.101. The summed E-state index contributed by atoms with van der Waals surface area (Å²) in [5, 5.41) is 19.3. The lowest BCUT2D eigenvalue weighted by molar-refractivity contribution is 0.109. The van der Waals surface area contributed by atoms with Gasteiger partial charge in [-0.05, 0) is 31.0 Å². The van der Waals surface area contributed by atoms with E-state index in [-0.39, 0.29) is 18.6 Å². The quantitative estimate of drug-likeness (QED) is 0.741. The molecule has 1 fully saturated rings. The molecule has 0 bridgehead atoms. The number of rotatable bonds is 4. The summed E-state index contributed by atoms with van der Waals surface area (Å²) in [5.74, 6) is 0.644. The van der Waals surface area contributed by atoms with Gasteiger partial charge in [-0.2, -0.15) is 0 Å². The summed E-state index contributed by atoms with van der Waals surface area (Å²) < 4.78 is 2.04. The number of nitrogens with zero attached hydrogens (tertiary/aromatic N) is 2. The molecule has 2 aromatic rings. The first kappa shape index (κ1) is 13.4. The molecule has 0 amide bonds. The molecule has 108 valence electrons. The Morgan fingerprint density at radius 3 is 2.65 bits per heavy atom. The van der Waals surface area contributed by atoms with Gasteiger partial charge in [0.25, 0.3) is 0 Å². The van der Waals surface area contributed by atoms with Gasteiger partial charge in [0.15, 0.2) is 0 Å². The van der Waals surface area contributed by atoms with Gasteiger partial charge in [0.2, 0.25) is 0 Å². The standard InChI is InChI=1S/C15H21N3O2/c16-11-3-4-13-12(7-11)17-14(8-19)18(13)9-15(10-20)5-1-2-6-15/h3-4,7,19-20H,1-2,5-6,8-10,16H2. The van der Waals surface area contributed by atoms with Crippen LogP contribution in [-0.4, -0.2) is 26.4 Å². The fraction of sp³-hybridized carbons (Fsp3) is 0.533. The third-order valence-corrected chi connectivity index (χ3v) is 4.49. The molecule has 5 nitrogen and oxygen atoms in total. The van der Waals surface area contributed by atoms with Crippen molar-refractivity contribution in [3.8, 4) is 0 Å². The zero-order chi connectivity index (χ0) is 14.2. The average molecular weight is 275 g/mol. The van der Waals surface area contributed by atoms with Crippen LogP contribution in [0.2, 0.25) is 0 Å². The molecule has 5 heteroatoms. The largest absolute Gasteiger partial charge is 0.399 e. The van der Waals surface area contributed by atoms with Crippen LogP contribution in [0.3, 0.4) is 0 Å². The molecule has 1 saturated carbocycles. The molecule has 0 unspecified atom stereocenters. The molecule has 0 spiro atoms. The summed E-state index contributed by atoms with van der Waals surface area (Å²) in [6.07, 6.45) is 4.38. The monoisotopic (exact) mass is 275 g/mol. The van der Waals surface area contributed by atoms with Gasteiger partial charge in [-0.15, -0.1) is 0 Å². The Bertz CT molecular complexity index is 615. The fourth-order valence-electron chi connectivity index (χ4n) is 3.32. The van der Waals surface area contributed by atoms with Crippen molar-refractivity contribution in [3.05, 3.63) is 24.0 Å². The number of nitrogens with two attached hydrogens (primary N) is 1. The molecule has 20 heavy (non-hydrogen) atoms. The predicted molar refractivity (Wildman–Crippen MR) is 78.1 cm³/mol. The molecule has 0 aliphatic heterocycles. The second-order valence-corrected chi connectivity index (χ2v) is 5.89. The van der Waals surface area contributed by atoms with Crippen LogP contribution in [0.4, 0.5) is 5.69 Å². The highest BCUT2D eigenvalue weighted by Crippen LogP contribution is 2.40. The number of aliphatic hydroxyl groups excluding tert-OH is 2. The van der Waals surface area contributed by atoms with Crippen molar-refractivity contribution in [2.75, 3.05) is 12.3 Å². The zero-order valence-corrected chi connectivity index (χ0v) is 11.5. The molecule has 1 heterocycles. The van der Waals surface area contributed by atoms with E-state index in [1.165, 1.54) is 0 Å². The second kappa shape index (κ2) is 5.07. The Hall–Kier alpha value is -1.59. The van der Waals surface area contributed by atoms with Crippen LogP contribution in [-0.2, 0) is 13.2 Å². The van der Waals surface area contributed by atoms with E-state index in [1.54, 1.807) is 0 Å². The number of imidazole rings is 1. The first-order valence-electron chi connectivity index (χ1n) is 7.14. The van der Waals surface area contributed by atoms with Gasteiger partial charge in [-0.1, -0.05) is 12.8 Å². The summed E-state index contributed by atoms with van der Waals surface area (Å²) in [6, 6.07) is 5.62. The molecule has 3 rings (SSSR count). The highest BCUT2D eigenvalue weighted by atomic mass is 16.3. The maximum atomic E-state index is 9.78. The Balaban J connectivity index is 2.05. The van der Waals surface area contributed by atoms with Gasteiger partial charge in [-0.25, -0.2) is 4.98 Å². The second-order valence-electron chi connectivity index (χ2n) is 5.89. The Kier molecular flexibility index (Phi) is 3.40. The summed E-state index contributed by atoms with van der Waals surface area (Å²) in [6.45, 7) is 0.794. The van der Waals surface area contributed by atoms with Crippen LogP contribution in [0.15, 0.2) is 18.2 Å². The van der Waals surface area contributed by atoms with E-state index in [0.717, 1.165) is 36.7 Å². The SMILES string of the molecule is Nc1ccc2c(c1)nc(CO)n2CC1(CO)CCCC1. The highest BCUT2D eigenvalue weighted by molar-refractivity contribution is 5.79. The highest BCUT2D eigenvalue weighted by Gasteiger charge is 2.34. The molecule has 1 aromatic carbocycles. The van der Waals surface area contributed by atoms with E-state index in [4.69, 9.17) is 5.73 Å². The van der Waals surface area contributed by atoms with Crippen molar-refractivity contribution in [1.82, 2.24) is 9.55 Å². The van der Waals surface area contributed by atoms with Crippen molar-refractivity contribution in [2.45, 2.75) is 38.8 Å². The van der Waals surface area contributed by atoms with E-state index in [1.807, 2.05) is 22.8 Å². The van der Waals surface area contributed by atoms with Crippen LogP contribution in [0.1, 0.15) is 31.5 Å². The van der Waals surface area contributed by atoms with Gasteiger partial charge in [0.05, 0.1) is 17.6 Å². The van der Waals surface area contributed by atoms with Gasteiger partial charge in [0, 0.05) is 17.6 Å². The molecular formula is C15H21N3O2. The summed E-state index contributed by atoms with van der Waals surface area (Å²) in [7, 11) is 0. The lowest BCUT2D eigenvalue weighted by Gasteiger charge is -2.28. The summed E-state index contributed by atoms with van der Waals surface area (Å²) >= 11 is 0. The van der Waals surface area contributed by atoms with Crippen LogP contribution in [0.5, 0.6) is 0 Å². The third kappa shape index (κ3) is 2.17. The minimum Gasteiger partial charge on any atom is -0.399 e. The van der Waals surface area contributed by atoms with Crippen molar-refractivity contribution in [2.24, 2.45) is 5.41 Å². The van der Waals surface area contributed by atoms with Crippen LogP contribution in [0.25, 0.3) is 11.0 Å². The molecule has 0 atom stereocenters. The first-order chi connectivity index (χ1) is 9.67. The zero-order valence-electron chi connectivity index (χ0n) is 11.5. The lowest BCUT2D eigenvalue weighted by Crippen LogP contribution is -2.28. The number of anilines is 1. The number of aromatic nitrogens is 2. The molecule has 1 aliphatic carbocycles. The van der Waals surface area contributed by atoms with E-state index in [9.17, 15) is 10.2 Å². The number of aliphatic hydroxyl groups is 2.